The maximum Gasteiger partial charge on any atom is -0.0134 e. The highest BCUT2D eigenvalue weighted by Crippen LogP contribution is 2.56. The molecular weight excluding hydrogens is 216 g/mol. The van der Waals surface area contributed by atoms with E-state index in [0.717, 1.165) is 35.5 Å². The van der Waals surface area contributed by atoms with Gasteiger partial charge in [0.15, 0.2) is 0 Å². The quantitative estimate of drug-likeness (QED) is 0.526. The first-order valence-electron chi connectivity index (χ1n) is 8.22. The van der Waals surface area contributed by atoms with Crippen LogP contribution >= 0.6 is 0 Å². The number of fused-ring (bicyclic) bond motifs is 5. The van der Waals surface area contributed by atoms with Gasteiger partial charge in [-0.05, 0) is 74.0 Å². The van der Waals surface area contributed by atoms with Crippen molar-refractivity contribution < 1.29 is 0 Å². The van der Waals surface area contributed by atoms with Crippen LogP contribution in [0.25, 0.3) is 0 Å². The molecule has 0 amide bonds. The highest BCUT2D eigenvalue weighted by Gasteiger charge is 2.47. The van der Waals surface area contributed by atoms with Gasteiger partial charge in [-0.15, -0.1) is 0 Å². The Morgan fingerprint density at radius 3 is 2.94 bits per heavy atom. The van der Waals surface area contributed by atoms with Crippen molar-refractivity contribution in [1.29, 1.82) is 0 Å². The van der Waals surface area contributed by atoms with Crippen molar-refractivity contribution in [2.24, 2.45) is 35.5 Å². The van der Waals surface area contributed by atoms with Crippen LogP contribution in [0.2, 0.25) is 0 Å². The molecule has 0 nitrogen and oxygen atoms in total. The molecule has 4 rings (SSSR count). The summed E-state index contributed by atoms with van der Waals surface area (Å²) in [6.45, 7) is 2.54. The predicted molar refractivity (Wildman–Crippen MR) is 76.2 cm³/mol. The summed E-state index contributed by atoms with van der Waals surface area (Å²) >= 11 is 0. The summed E-state index contributed by atoms with van der Waals surface area (Å²) in [5.41, 5.74) is 1.83. The summed E-state index contributed by atoms with van der Waals surface area (Å²) in [6.07, 6.45) is 18.0. The molecule has 0 heterocycles. The van der Waals surface area contributed by atoms with Gasteiger partial charge in [-0.3, -0.25) is 0 Å². The van der Waals surface area contributed by atoms with Crippen LogP contribution in [0.4, 0.5) is 0 Å². The van der Waals surface area contributed by atoms with Gasteiger partial charge in [-0.2, -0.15) is 0 Å². The van der Waals surface area contributed by atoms with E-state index in [1.807, 2.05) is 5.57 Å². The van der Waals surface area contributed by atoms with Crippen molar-refractivity contribution in [3.05, 3.63) is 23.8 Å². The number of hydrogen-bond acceptors (Lipinski definition) is 0. The second-order valence-electron chi connectivity index (χ2n) is 7.30. The second kappa shape index (κ2) is 4.25. The maximum atomic E-state index is 2.65. The van der Waals surface area contributed by atoms with Crippen molar-refractivity contribution in [1.82, 2.24) is 0 Å². The van der Waals surface area contributed by atoms with E-state index in [-0.39, 0.29) is 0 Å². The summed E-state index contributed by atoms with van der Waals surface area (Å²) < 4.78 is 0. The van der Waals surface area contributed by atoms with Gasteiger partial charge in [0, 0.05) is 0 Å². The molecule has 0 N–H and O–H groups in total. The van der Waals surface area contributed by atoms with Crippen molar-refractivity contribution in [3.63, 3.8) is 0 Å². The standard InChI is InChI=1S/C18H26/c1-12-11-14-5-2-3-7-15(14)17-10-9-13-6-4-8-16(13)18(12)17/h5,9-10,12-13,15-18H,2-4,6-8,11H2,1H3/t12-,13+,15+,16-,17-,18+/m1/s1. The lowest BCUT2D eigenvalue weighted by atomic mass is 9.55. The summed E-state index contributed by atoms with van der Waals surface area (Å²) in [5.74, 6) is 5.77. The average molecular weight is 242 g/mol. The lowest BCUT2D eigenvalue weighted by molar-refractivity contribution is 0.0841. The first kappa shape index (κ1) is 11.3. The van der Waals surface area contributed by atoms with Crippen LogP contribution in [0.3, 0.4) is 0 Å². The van der Waals surface area contributed by atoms with Gasteiger partial charge in [0.1, 0.15) is 0 Å². The molecule has 4 aliphatic rings. The van der Waals surface area contributed by atoms with Crippen LogP contribution in [0, 0.1) is 35.5 Å². The van der Waals surface area contributed by atoms with Crippen LogP contribution in [0.15, 0.2) is 23.8 Å². The molecule has 6 atom stereocenters. The van der Waals surface area contributed by atoms with Gasteiger partial charge in [0.05, 0.1) is 0 Å². The smallest absolute Gasteiger partial charge is 0.0134 e. The van der Waals surface area contributed by atoms with Gasteiger partial charge in [0.25, 0.3) is 0 Å². The van der Waals surface area contributed by atoms with E-state index < -0.39 is 0 Å². The SMILES string of the molecule is C[C@@H]1CC2=CCCC[C@@H]2[C@H]2C=C[C@@H]3CCC[C@H]3[C@@H]21. The lowest BCUT2D eigenvalue weighted by Crippen LogP contribution is -2.42. The lowest BCUT2D eigenvalue weighted by Gasteiger charge is -2.49. The Bertz CT molecular complexity index is 389. The number of hydrogen-bond donors (Lipinski definition) is 0. The molecule has 0 aromatic rings. The van der Waals surface area contributed by atoms with Crippen molar-refractivity contribution >= 4 is 0 Å². The van der Waals surface area contributed by atoms with Crippen LogP contribution in [0.1, 0.15) is 51.9 Å². The maximum absolute atomic E-state index is 2.65. The minimum absolute atomic E-state index is 0.902. The fraction of sp³-hybridized carbons (Fsp3) is 0.778. The summed E-state index contributed by atoms with van der Waals surface area (Å²) in [6, 6.07) is 0. The van der Waals surface area contributed by atoms with Crippen molar-refractivity contribution in [2.45, 2.75) is 51.9 Å². The van der Waals surface area contributed by atoms with E-state index in [4.69, 9.17) is 0 Å². The third-order valence-electron chi connectivity index (χ3n) is 6.43. The van der Waals surface area contributed by atoms with E-state index in [1.54, 1.807) is 0 Å². The zero-order valence-electron chi connectivity index (χ0n) is 11.6. The zero-order valence-corrected chi connectivity index (χ0v) is 11.6. The van der Waals surface area contributed by atoms with Crippen molar-refractivity contribution in [2.75, 3.05) is 0 Å². The Morgan fingerprint density at radius 1 is 1.06 bits per heavy atom. The second-order valence-corrected chi connectivity index (χ2v) is 7.30. The number of allylic oxidation sites excluding steroid dienone is 4. The fourth-order valence-electron chi connectivity index (χ4n) is 5.77. The Morgan fingerprint density at radius 2 is 2.00 bits per heavy atom. The van der Waals surface area contributed by atoms with Gasteiger partial charge in [0.2, 0.25) is 0 Å². The van der Waals surface area contributed by atoms with E-state index in [9.17, 15) is 0 Å². The zero-order chi connectivity index (χ0) is 12.1. The Kier molecular flexibility index (Phi) is 2.67. The number of rotatable bonds is 0. The molecule has 0 saturated heterocycles. The first-order valence-corrected chi connectivity index (χ1v) is 8.22. The topological polar surface area (TPSA) is 0 Å². The molecule has 4 aliphatic carbocycles. The molecule has 0 heteroatoms. The molecule has 2 fully saturated rings. The molecule has 0 aromatic heterocycles. The molecule has 2 saturated carbocycles. The average Bonchev–Trinajstić information content (AvgIpc) is 2.86. The molecule has 0 spiro atoms. The monoisotopic (exact) mass is 242 g/mol. The molecule has 98 valence electrons. The molecular formula is C18H26. The predicted octanol–water partition coefficient (Wildman–Crippen LogP) is 4.97. The first-order chi connectivity index (χ1) is 8.84. The largest absolute Gasteiger partial charge is 0.0850 e. The van der Waals surface area contributed by atoms with Gasteiger partial charge >= 0.3 is 0 Å². The van der Waals surface area contributed by atoms with Crippen LogP contribution in [0.5, 0.6) is 0 Å². The highest BCUT2D eigenvalue weighted by atomic mass is 14.5. The summed E-state index contributed by atoms with van der Waals surface area (Å²) in [5, 5.41) is 0. The molecule has 0 unspecified atom stereocenters. The van der Waals surface area contributed by atoms with Gasteiger partial charge < -0.3 is 0 Å². The minimum atomic E-state index is 0.902. The van der Waals surface area contributed by atoms with E-state index in [2.05, 4.69) is 25.2 Å². The Balaban J connectivity index is 1.71. The minimum Gasteiger partial charge on any atom is -0.0850 e. The van der Waals surface area contributed by atoms with Crippen molar-refractivity contribution in [3.8, 4) is 0 Å². The fourth-order valence-corrected chi connectivity index (χ4v) is 5.77. The molecule has 0 bridgehead atoms. The third kappa shape index (κ3) is 1.57. The normalized spacial score (nSPS) is 50.2. The highest BCUT2D eigenvalue weighted by molar-refractivity contribution is 5.22. The van der Waals surface area contributed by atoms with E-state index >= 15 is 0 Å². The van der Waals surface area contributed by atoms with Crippen LogP contribution in [-0.4, -0.2) is 0 Å². The molecule has 0 aromatic carbocycles. The Labute approximate surface area is 112 Å². The van der Waals surface area contributed by atoms with Gasteiger partial charge in [-0.25, -0.2) is 0 Å². The van der Waals surface area contributed by atoms with E-state index in [0.29, 0.717) is 0 Å². The van der Waals surface area contributed by atoms with E-state index in [1.165, 1.54) is 44.9 Å². The van der Waals surface area contributed by atoms with Gasteiger partial charge in [-0.1, -0.05) is 37.1 Å². The molecule has 18 heavy (non-hydrogen) atoms. The van der Waals surface area contributed by atoms with Crippen LogP contribution in [-0.2, 0) is 0 Å². The third-order valence-corrected chi connectivity index (χ3v) is 6.43. The molecule has 0 aliphatic heterocycles. The summed E-state index contributed by atoms with van der Waals surface area (Å²) in [7, 11) is 0. The van der Waals surface area contributed by atoms with Crippen LogP contribution < -0.4 is 0 Å². The summed E-state index contributed by atoms with van der Waals surface area (Å²) in [4.78, 5) is 0. The molecule has 0 radical (unpaired) electrons. The Hall–Kier alpha value is -0.520.